The number of anilines is 1. The highest BCUT2D eigenvalue weighted by molar-refractivity contribution is 7.86. The summed E-state index contributed by atoms with van der Waals surface area (Å²) in [6.07, 6.45) is 14.2. The molecule has 3 saturated heterocycles. The second-order valence-corrected chi connectivity index (χ2v) is 27.5. The maximum Gasteiger partial charge on any atom is 0.425 e. The van der Waals surface area contributed by atoms with Crippen LogP contribution in [0.5, 0.6) is 0 Å². The second-order valence-electron chi connectivity index (χ2n) is 25.0. The lowest BCUT2D eigenvalue weighted by atomic mass is 9.79. The van der Waals surface area contributed by atoms with Crippen LogP contribution in [0.4, 0.5) is 11.4 Å². The van der Waals surface area contributed by atoms with Crippen LogP contribution in [-0.4, -0.2) is 164 Å². The van der Waals surface area contributed by atoms with Crippen molar-refractivity contribution in [1.82, 2.24) is 36.6 Å². The molecule has 1 unspecified atom stereocenters. The number of nitrogens with one attached hydrogen (secondary N) is 6. The Kier molecular flexibility index (Phi) is 29.2. The van der Waals surface area contributed by atoms with Crippen LogP contribution in [0.2, 0.25) is 0 Å². The Morgan fingerprint density at radius 1 is 0.806 bits per heavy atom. The van der Waals surface area contributed by atoms with Gasteiger partial charge < -0.3 is 47.2 Å². The number of nitrogens with zero attached hydrogens (tertiary/aromatic N) is 4. The quantitative estimate of drug-likeness (QED) is 0.0136. The minimum atomic E-state index is -4.35. The third-order valence-electron chi connectivity index (χ3n) is 17.7. The molecule has 5 aliphatic heterocycles. The SMILES string of the molecule is CCCC(=O)NC[C@@H]1C[C@@H]2CC[C@H]3C(=O)N[C@@H](CCCN=C(N)NP)C(=O)NCC(=O)N[C@@H](CC(C)=O)C(=O)N[C@H]1C(=O)N23.CCC[N+]1=C(C=CC=CC=C2N(CC)c3ccc4c(C)cccc4c3C2(C)C)C(C)(C)c2c1ccc1c(S(=O)(=O)O)cccc21.O=S(=O)=O.O=S(=O)=O.S. The summed E-state index contributed by atoms with van der Waals surface area (Å²) in [6.45, 7) is 20.4. The molecule has 0 spiro atoms. The van der Waals surface area contributed by atoms with Crippen LogP contribution >= 0.6 is 22.9 Å². The fourth-order valence-corrected chi connectivity index (χ4v) is 14.4. The van der Waals surface area contributed by atoms with Gasteiger partial charge in [-0.3, -0.25) is 43.1 Å². The number of carbonyl (C=O) groups excluding carboxylic acids is 7. The van der Waals surface area contributed by atoms with Crippen molar-refractivity contribution in [3.63, 3.8) is 0 Å². The number of Topliss-reactive ketones (excluding diaryl/α,β-unsaturated/α-hetero) is 1. The number of piperidine rings is 1. The summed E-state index contributed by atoms with van der Waals surface area (Å²) in [4.78, 5) is 99.0. The van der Waals surface area contributed by atoms with Gasteiger partial charge in [0, 0.05) is 90.7 Å². The molecular weight excluding hydrogens is 1360 g/mol. The number of allylic oxidation sites excluding steroid dienone is 6. The minimum Gasteiger partial charge on any atom is -0.370 e. The lowest BCUT2D eigenvalue weighted by Gasteiger charge is -2.42. The zero-order valence-corrected chi connectivity index (χ0v) is 60.9. The van der Waals surface area contributed by atoms with Gasteiger partial charge in [-0.05, 0) is 134 Å². The molecule has 9 rings (SSSR count). The molecule has 4 aromatic carbocycles. The molecule has 5 heterocycles. The van der Waals surface area contributed by atoms with E-state index in [1.165, 1.54) is 51.2 Å². The molecule has 32 heteroatoms. The summed E-state index contributed by atoms with van der Waals surface area (Å²) in [7, 11) is -8.35. The third kappa shape index (κ3) is 19.6. The first-order valence-electron chi connectivity index (χ1n) is 31.9. The fraction of sp³-hybridized carbons (Fsp3) is 0.470. The smallest absolute Gasteiger partial charge is 0.370 e. The minimum absolute atomic E-state index is 0. The normalized spacial score (nSPS) is 21.5. The zero-order chi connectivity index (χ0) is 71.9. The van der Waals surface area contributed by atoms with Gasteiger partial charge in [-0.1, -0.05) is 82.3 Å². The summed E-state index contributed by atoms with van der Waals surface area (Å²) in [5.74, 6) is -4.00. The Hall–Kier alpha value is -8.22. The number of guanidine groups is 1. The number of carbonyl (C=O) groups is 7. The predicted octanol–water partition coefficient (Wildman–Crippen LogP) is 4.57. The van der Waals surface area contributed by atoms with E-state index in [0.29, 0.717) is 43.9 Å². The van der Waals surface area contributed by atoms with E-state index in [1.54, 1.807) is 6.07 Å². The van der Waals surface area contributed by atoms with Crippen molar-refractivity contribution in [2.24, 2.45) is 16.6 Å². The Morgan fingerprint density at radius 3 is 2.08 bits per heavy atom. The number of amides is 6. The van der Waals surface area contributed by atoms with E-state index >= 15 is 0 Å². The van der Waals surface area contributed by atoms with Gasteiger partial charge in [0.25, 0.3) is 10.1 Å². The van der Waals surface area contributed by atoms with Gasteiger partial charge in [0.15, 0.2) is 11.7 Å². The summed E-state index contributed by atoms with van der Waals surface area (Å²) >= 11 is 0. The van der Waals surface area contributed by atoms with Crippen LogP contribution in [0.15, 0.2) is 107 Å². The molecule has 0 aromatic heterocycles. The number of aliphatic imine (C=N–C) groups is 1. The Morgan fingerprint density at radius 2 is 1.46 bits per heavy atom. The van der Waals surface area contributed by atoms with E-state index in [0.717, 1.165) is 41.9 Å². The maximum atomic E-state index is 14.0. The highest BCUT2D eigenvalue weighted by atomic mass is 32.2. The predicted molar refractivity (Wildman–Crippen MR) is 380 cm³/mol. The Labute approximate surface area is 583 Å². The summed E-state index contributed by atoms with van der Waals surface area (Å²) < 4.78 is 87.2. The van der Waals surface area contributed by atoms with Crippen LogP contribution in [-0.2, 0) is 75.7 Å². The van der Waals surface area contributed by atoms with Crippen molar-refractivity contribution in [3.8, 4) is 0 Å². The largest absolute Gasteiger partial charge is 0.425 e. The average Bonchev–Trinajstić information content (AvgIpc) is 1.57. The first kappa shape index (κ1) is 80.5. The number of rotatable bonds is 17. The van der Waals surface area contributed by atoms with Gasteiger partial charge in [0.1, 0.15) is 41.4 Å². The Bertz CT molecular complexity index is 4200. The topological polar surface area (TPSA) is 396 Å². The standard InChI is InChI=1S/C39H42N2O3S.C27H44N9O7P.2O3S.H2S/c1-8-25-41-32-24-22-28-30(17-14-18-33(28)45(42,43)44)37(32)39(6,7)35(41)20-12-10-11-19-34-38(4,5)36-29-16-13-15-26(3)27(29)21-23-31(36)40(34)9-2;1-3-5-20(38)30-12-15-11-16-7-8-19-25(42)33-17(6-4-9-29-27(28)35-44)23(40)31-13-21(39)32-18(10-14(2)37)24(41)34-22(15)26(43)36(16)19;2*1-4(2)3;/h10-24H,8-9,25H2,1-7H3;15-19,22H,3-13,44H2,1-2H3,(H,30,38)(H,31,40)(H,32,39)(H,33,42)(H,34,41)(H3,28,29,35);;;1H2/p+1/t;15-,16-,17-,18-,19-,22+;;;/m.0.../s1. The molecule has 6 amide bonds. The maximum absolute atomic E-state index is 14.0. The van der Waals surface area contributed by atoms with Crippen LogP contribution in [0.25, 0.3) is 21.5 Å². The monoisotopic (exact) mass is 1450 g/mol. The number of nitrogens with two attached hydrogens (primary N) is 1. The van der Waals surface area contributed by atoms with Gasteiger partial charge in [0.05, 0.1) is 12.0 Å². The number of aryl methyl sites for hydroxylation is 1. The molecule has 2 bridgehead atoms. The van der Waals surface area contributed by atoms with Crippen LogP contribution < -0.4 is 42.3 Å². The highest BCUT2D eigenvalue weighted by Gasteiger charge is 2.51. The molecule has 98 heavy (non-hydrogen) atoms. The van der Waals surface area contributed by atoms with E-state index in [9.17, 15) is 46.5 Å². The zero-order valence-electron chi connectivity index (χ0n) is 56.3. The summed E-state index contributed by atoms with van der Waals surface area (Å²) in [6, 6.07) is 15.4. The molecule has 0 aliphatic carbocycles. The molecule has 5 aliphatic rings. The first-order chi connectivity index (χ1) is 45.7. The fourth-order valence-electron chi connectivity index (χ4n) is 13.6. The van der Waals surface area contributed by atoms with E-state index in [2.05, 4.69) is 165 Å². The molecule has 4 aromatic rings. The van der Waals surface area contributed by atoms with Crippen LogP contribution in [0.1, 0.15) is 130 Å². The number of hydrogen-bond donors (Lipinski definition) is 8. The van der Waals surface area contributed by atoms with Gasteiger partial charge in [0.2, 0.25) is 41.1 Å². The molecule has 0 radical (unpaired) electrons. The van der Waals surface area contributed by atoms with Gasteiger partial charge in [-0.2, -0.15) is 26.5 Å². The van der Waals surface area contributed by atoms with Crippen LogP contribution in [0.3, 0.4) is 0 Å². The number of benzene rings is 4. The molecule has 7 atom stereocenters. The van der Waals surface area contributed by atoms with Crippen molar-refractivity contribution < 1.29 is 76.4 Å². The lowest BCUT2D eigenvalue weighted by molar-refractivity contribution is -0.437. The van der Waals surface area contributed by atoms with Crippen molar-refractivity contribution >= 4 is 140 Å². The van der Waals surface area contributed by atoms with Gasteiger partial charge in [-0.25, -0.2) is 0 Å². The van der Waals surface area contributed by atoms with Crippen molar-refractivity contribution in [3.05, 3.63) is 113 Å². The molecule has 3 fully saturated rings. The van der Waals surface area contributed by atoms with Crippen molar-refractivity contribution in [1.29, 1.82) is 0 Å². The van der Waals surface area contributed by atoms with Crippen LogP contribution in [0, 0.1) is 12.8 Å². The first-order valence-corrected chi connectivity index (χ1v) is 35.9. The number of ketones is 1. The number of hydrogen-bond acceptors (Lipinski definition) is 17. The molecular formula is C66H89N11O16PS4+. The van der Waals surface area contributed by atoms with Gasteiger partial charge >= 0.3 is 21.2 Å². The van der Waals surface area contributed by atoms with E-state index < -0.39 is 97.5 Å². The van der Waals surface area contributed by atoms with Gasteiger partial charge in [-0.15, -0.1) is 25.3 Å². The molecule has 532 valence electrons. The highest BCUT2D eigenvalue weighted by Crippen LogP contribution is 2.51. The van der Waals surface area contributed by atoms with Crippen molar-refractivity contribution in [2.75, 3.05) is 37.6 Å². The molecule has 27 nitrogen and oxygen atoms in total. The second kappa shape index (κ2) is 35.5. The van der Waals surface area contributed by atoms with E-state index in [4.69, 9.17) is 31.0 Å². The van der Waals surface area contributed by atoms with E-state index in [-0.39, 0.29) is 78.8 Å². The third-order valence-corrected chi connectivity index (χ3v) is 18.9. The van der Waals surface area contributed by atoms with E-state index in [1.807, 2.05) is 25.1 Å². The number of likely N-dealkylation sites (N-methyl/N-ethyl adjacent to an activating group) is 1. The summed E-state index contributed by atoms with van der Waals surface area (Å²) in [5, 5.41) is 19.9. The lowest BCUT2D eigenvalue weighted by Crippen LogP contribution is -2.65. The Balaban J connectivity index is 0.000000316. The van der Waals surface area contributed by atoms with Crippen molar-refractivity contribution in [2.45, 2.75) is 166 Å². The molecule has 0 saturated carbocycles. The number of fused-ring (bicyclic) bond motifs is 7. The average molecular weight is 1450 g/mol. The summed E-state index contributed by atoms with van der Waals surface area (Å²) in [5.41, 5.74) is 13.7. The molecule has 9 N–H and O–H groups in total.